The molecule has 178 valence electrons. The molecular weight excluding hydrogens is 468 g/mol. The highest BCUT2D eigenvalue weighted by atomic mass is 32.1. The Labute approximate surface area is 213 Å². The van der Waals surface area contributed by atoms with Crippen molar-refractivity contribution in [2.45, 2.75) is 13.8 Å². The molecule has 0 saturated heterocycles. The normalized spacial score (nSPS) is 10.7. The number of aromatic nitrogens is 3. The van der Waals surface area contributed by atoms with Crippen LogP contribution in [-0.4, -0.2) is 20.9 Å². The van der Waals surface area contributed by atoms with Crippen molar-refractivity contribution in [1.82, 2.24) is 15.0 Å². The van der Waals surface area contributed by atoms with Gasteiger partial charge in [-0.15, -0.1) is 11.3 Å². The van der Waals surface area contributed by atoms with E-state index in [9.17, 15) is 4.79 Å². The number of thiophene rings is 1. The molecule has 0 radical (unpaired) electrons. The Morgan fingerprint density at radius 1 is 0.944 bits per heavy atom. The summed E-state index contributed by atoms with van der Waals surface area (Å²) in [5.74, 6) is 1.06. The third kappa shape index (κ3) is 4.94. The summed E-state index contributed by atoms with van der Waals surface area (Å²) >= 11 is 1.42. The van der Waals surface area contributed by atoms with Gasteiger partial charge in [0.05, 0.1) is 15.8 Å². The molecule has 36 heavy (non-hydrogen) atoms. The Kier molecular flexibility index (Phi) is 6.42. The number of nitrogens with zero attached hydrogens (tertiary/aromatic N) is 3. The van der Waals surface area contributed by atoms with Gasteiger partial charge in [0.2, 0.25) is 0 Å². The summed E-state index contributed by atoms with van der Waals surface area (Å²) in [4.78, 5) is 26.4. The first-order valence-electron chi connectivity index (χ1n) is 11.3. The van der Waals surface area contributed by atoms with Gasteiger partial charge in [0.1, 0.15) is 12.1 Å². The van der Waals surface area contributed by atoms with Crippen molar-refractivity contribution >= 4 is 56.2 Å². The number of nitrogens with one attached hydrogen (secondary N) is 3. The number of rotatable bonds is 7. The van der Waals surface area contributed by atoms with Gasteiger partial charge >= 0.3 is 0 Å². The Hall–Kier alpha value is -4.56. The number of anilines is 4. The zero-order valence-electron chi connectivity index (χ0n) is 19.9. The summed E-state index contributed by atoms with van der Waals surface area (Å²) in [7, 11) is 0. The van der Waals surface area contributed by atoms with Crippen LogP contribution in [0.25, 0.3) is 15.9 Å². The van der Waals surface area contributed by atoms with Crippen LogP contribution in [0.5, 0.6) is 0 Å². The van der Waals surface area contributed by atoms with E-state index in [1.807, 2.05) is 74.5 Å². The van der Waals surface area contributed by atoms with Crippen LogP contribution in [0, 0.1) is 13.8 Å². The number of aryl methyl sites for hydroxylation is 2. The predicted octanol–water partition coefficient (Wildman–Crippen LogP) is 6.78. The van der Waals surface area contributed by atoms with E-state index in [-0.39, 0.29) is 5.91 Å². The molecule has 8 heteroatoms. The zero-order valence-corrected chi connectivity index (χ0v) is 20.7. The molecule has 5 aromatic rings. The number of hydrogen-bond acceptors (Lipinski definition) is 7. The molecule has 7 nitrogen and oxygen atoms in total. The Balaban J connectivity index is 1.36. The standard InChI is InChI=1S/C28H24N6OS/c1-17-9-12-24(29-14-17)34-27-26-25(30-16-31-27)22(15-36-26)28(35)33-23-13-21(11-10-18(23)2)32-19(3)20-7-5-4-6-8-20/h4-16,32H,3H2,1-2H3,(H,33,35)(H,29,30,31,34). The molecule has 0 aliphatic heterocycles. The molecule has 3 aromatic heterocycles. The molecule has 1 amide bonds. The van der Waals surface area contributed by atoms with E-state index >= 15 is 0 Å². The number of benzene rings is 2. The monoisotopic (exact) mass is 492 g/mol. The molecule has 0 fully saturated rings. The number of pyridine rings is 1. The summed E-state index contributed by atoms with van der Waals surface area (Å²) in [6.07, 6.45) is 3.24. The first kappa shape index (κ1) is 23.2. The van der Waals surface area contributed by atoms with Crippen molar-refractivity contribution in [2.75, 3.05) is 16.0 Å². The Morgan fingerprint density at radius 2 is 1.78 bits per heavy atom. The molecular formula is C28H24N6OS. The lowest BCUT2D eigenvalue weighted by atomic mass is 10.1. The fraction of sp³-hybridized carbons (Fsp3) is 0.0714. The minimum Gasteiger partial charge on any atom is -0.355 e. The van der Waals surface area contributed by atoms with E-state index in [0.29, 0.717) is 28.4 Å². The molecule has 5 rings (SSSR count). The fourth-order valence-corrected chi connectivity index (χ4v) is 4.62. The SMILES string of the molecule is C=C(Nc1ccc(C)c(NC(=O)c2csc3c(Nc4ccc(C)cn4)ncnc23)c1)c1ccccc1. The Morgan fingerprint density at radius 3 is 2.56 bits per heavy atom. The van der Waals surface area contributed by atoms with Crippen LogP contribution in [-0.2, 0) is 0 Å². The van der Waals surface area contributed by atoms with E-state index in [4.69, 9.17) is 0 Å². The van der Waals surface area contributed by atoms with Crippen molar-refractivity contribution in [3.63, 3.8) is 0 Å². The maximum atomic E-state index is 13.3. The highest BCUT2D eigenvalue weighted by Gasteiger charge is 2.18. The van der Waals surface area contributed by atoms with Crippen LogP contribution in [0.15, 0.2) is 85.1 Å². The molecule has 2 aromatic carbocycles. The number of amides is 1. The molecule has 0 spiro atoms. The maximum Gasteiger partial charge on any atom is 0.258 e. The van der Waals surface area contributed by atoms with Crippen LogP contribution < -0.4 is 16.0 Å². The van der Waals surface area contributed by atoms with Crippen LogP contribution in [0.2, 0.25) is 0 Å². The van der Waals surface area contributed by atoms with Gasteiger partial charge in [-0.05, 0) is 48.7 Å². The second-order valence-electron chi connectivity index (χ2n) is 8.35. The fourth-order valence-electron chi connectivity index (χ4n) is 3.67. The van der Waals surface area contributed by atoms with Crippen molar-refractivity contribution < 1.29 is 4.79 Å². The molecule has 0 aliphatic carbocycles. The number of carbonyl (C=O) groups is 1. The van der Waals surface area contributed by atoms with Gasteiger partial charge < -0.3 is 16.0 Å². The Bertz CT molecular complexity index is 1560. The van der Waals surface area contributed by atoms with Crippen LogP contribution >= 0.6 is 11.3 Å². The first-order chi connectivity index (χ1) is 17.5. The summed E-state index contributed by atoms with van der Waals surface area (Å²) in [6, 6.07) is 19.6. The lowest BCUT2D eigenvalue weighted by Crippen LogP contribution is -2.13. The quantitative estimate of drug-likeness (QED) is 0.232. The average Bonchev–Trinajstić information content (AvgIpc) is 3.33. The van der Waals surface area contributed by atoms with E-state index in [0.717, 1.165) is 32.8 Å². The highest BCUT2D eigenvalue weighted by molar-refractivity contribution is 7.18. The third-order valence-electron chi connectivity index (χ3n) is 5.66. The van der Waals surface area contributed by atoms with Crippen LogP contribution in [0.1, 0.15) is 27.0 Å². The summed E-state index contributed by atoms with van der Waals surface area (Å²) in [6.45, 7) is 8.07. The average molecular weight is 493 g/mol. The van der Waals surface area contributed by atoms with Gasteiger partial charge in [-0.3, -0.25) is 4.79 Å². The molecule has 0 unspecified atom stereocenters. The third-order valence-corrected chi connectivity index (χ3v) is 6.64. The highest BCUT2D eigenvalue weighted by Crippen LogP contribution is 2.32. The second kappa shape index (κ2) is 9.97. The minimum absolute atomic E-state index is 0.235. The largest absolute Gasteiger partial charge is 0.355 e. The van der Waals surface area contributed by atoms with Gasteiger partial charge in [-0.25, -0.2) is 15.0 Å². The van der Waals surface area contributed by atoms with Gasteiger partial charge in [0.15, 0.2) is 5.82 Å². The second-order valence-corrected chi connectivity index (χ2v) is 9.23. The lowest BCUT2D eigenvalue weighted by molar-refractivity contribution is 0.102. The molecule has 0 bridgehead atoms. The van der Waals surface area contributed by atoms with Crippen molar-refractivity contribution in [3.8, 4) is 0 Å². The molecule has 0 saturated carbocycles. The summed E-state index contributed by atoms with van der Waals surface area (Å²) < 4.78 is 0.788. The molecule has 0 atom stereocenters. The number of hydrogen-bond donors (Lipinski definition) is 3. The smallest absolute Gasteiger partial charge is 0.258 e. The van der Waals surface area contributed by atoms with Crippen LogP contribution in [0.3, 0.4) is 0 Å². The van der Waals surface area contributed by atoms with E-state index < -0.39 is 0 Å². The molecule has 3 heterocycles. The van der Waals surface area contributed by atoms with E-state index in [1.54, 1.807) is 11.6 Å². The zero-order chi connectivity index (χ0) is 25.1. The predicted molar refractivity (Wildman–Crippen MR) is 148 cm³/mol. The van der Waals surface area contributed by atoms with Gasteiger partial charge in [-0.1, -0.05) is 49.0 Å². The number of carbonyl (C=O) groups excluding carboxylic acids is 1. The molecule has 0 aliphatic rings. The number of fused-ring (bicyclic) bond motifs is 1. The van der Waals surface area contributed by atoms with Crippen LogP contribution in [0.4, 0.5) is 23.0 Å². The van der Waals surface area contributed by atoms with Crippen molar-refractivity contribution in [1.29, 1.82) is 0 Å². The summed E-state index contributed by atoms with van der Waals surface area (Å²) in [5.41, 5.74) is 6.42. The summed E-state index contributed by atoms with van der Waals surface area (Å²) in [5, 5.41) is 11.4. The van der Waals surface area contributed by atoms with E-state index in [2.05, 4.69) is 37.5 Å². The van der Waals surface area contributed by atoms with Crippen molar-refractivity contribution in [3.05, 3.63) is 107 Å². The van der Waals surface area contributed by atoms with Crippen molar-refractivity contribution in [2.24, 2.45) is 0 Å². The van der Waals surface area contributed by atoms with Gasteiger partial charge in [0.25, 0.3) is 5.91 Å². The van der Waals surface area contributed by atoms with E-state index in [1.165, 1.54) is 17.7 Å². The maximum absolute atomic E-state index is 13.3. The first-order valence-corrected chi connectivity index (χ1v) is 12.2. The van der Waals surface area contributed by atoms with Gasteiger partial charge in [-0.2, -0.15) is 0 Å². The lowest BCUT2D eigenvalue weighted by Gasteiger charge is -2.14. The topological polar surface area (TPSA) is 91.8 Å². The molecule has 3 N–H and O–H groups in total. The van der Waals surface area contributed by atoms with Gasteiger partial charge in [0, 0.05) is 28.6 Å². The minimum atomic E-state index is -0.235.